The SMILES string of the molecule is COC(=O)C1=COC(C)[C@@H]2CN3CCc4c([nH]c5ccccc45)[C@H]3C[C@H]12. The fourth-order valence-electron chi connectivity index (χ4n) is 5.19. The first-order valence-electron chi connectivity index (χ1n) is 9.44. The number of ether oxygens (including phenoxy) is 2. The van der Waals surface area contributed by atoms with Crippen molar-refractivity contribution in [3.63, 3.8) is 0 Å². The zero-order valence-corrected chi connectivity index (χ0v) is 15.2. The highest BCUT2D eigenvalue weighted by molar-refractivity contribution is 5.89. The van der Waals surface area contributed by atoms with Gasteiger partial charge in [-0.25, -0.2) is 4.79 Å². The van der Waals surface area contributed by atoms with Gasteiger partial charge in [-0.05, 0) is 31.4 Å². The number of benzene rings is 1. The molecule has 0 bridgehead atoms. The van der Waals surface area contributed by atoms with Gasteiger partial charge in [0.1, 0.15) is 0 Å². The number of aromatic amines is 1. The van der Waals surface area contributed by atoms with Crippen molar-refractivity contribution in [2.75, 3.05) is 20.2 Å². The standard InChI is InChI=1S/C21H24N2O3/c1-12-16-10-23-8-7-14-13-5-3-4-6-18(13)22-20(14)19(23)9-15(16)17(11-26-12)21(24)25-2/h3-6,11-12,15-16,19,22H,7-10H2,1-2H3/t12?,15-,16-,19+/m0/s1. The molecule has 3 aliphatic rings. The number of carbonyl (C=O) groups excluding carboxylic acids is 1. The number of aromatic nitrogens is 1. The lowest BCUT2D eigenvalue weighted by Gasteiger charge is -2.49. The van der Waals surface area contributed by atoms with Gasteiger partial charge in [0.2, 0.25) is 0 Å². The van der Waals surface area contributed by atoms with Crippen molar-refractivity contribution in [3.05, 3.63) is 47.4 Å². The summed E-state index contributed by atoms with van der Waals surface area (Å²) in [5, 5.41) is 1.34. The first kappa shape index (κ1) is 15.9. The molecule has 1 aromatic carbocycles. The number of para-hydroxylation sites is 1. The number of esters is 1. The van der Waals surface area contributed by atoms with Crippen molar-refractivity contribution in [2.45, 2.75) is 31.9 Å². The number of methoxy groups -OCH3 is 1. The Morgan fingerprint density at radius 3 is 3.04 bits per heavy atom. The molecule has 3 aliphatic heterocycles. The Bertz CT molecular complexity index is 900. The fourth-order valence-corrected chi connectivity index (χ4v) is 5.19. The van der Waals surface area contributed by atoms with E-state index in [0.29, 0.717) is 17.5 Å². The number of rotatable bonds is 1. The summed E-state index contributed by atoms with van der Waals surface area (Å²) in [6.45, 7) is 4.13. The van der Waals surface area contributed by atoms with Gasteiger partial charge in [0.15, 0.2) is 0 Å². The van der Waals surface area contributed by atoms with Crippen LogP contribution in [0.1, 0.15) is 30.6 Å². The van der Waals surface area contributed by atoms with Gasteiger partial charge < -0.3 is 14.5 Å². The summed E-state index contributed by atoms with van der Waals surface area (Å²) in [6, 6.07) is 8.88. The van der Waals surface area contributed by atoms with E-state index in [4.69, 9.17) is 9.47 Å². The predicted molar refractivity (Wildman–Crippen MR) is 98.6 cm³/mol. The average Bonchev–Trinajstić information content (AvgIpc) is 3.06. The molecule has 0 saturated carbocycles. The van der Waals surface area contributed by atoms with E-state index in [9.17, 15) is 4.79 Å². The minimum atomic E-state index is -0.256. The molecule has 4 heterocycles. The van der Waals surface area contributed by atoms with Crippen LogP contribution in [-0.4, -0.2) is 42.2 Å². The van der Waals surface area contributed by atoms with Crippen LogP contribution in [0.5, 0.6) is 0 Å². The fraction of sp³-hybridized carbons (Fsp3) is 0.476. The van der Waals surface area contributed by atoms with E-state index in [1.54, 1.807) is 6.26 Å². The van der Waals surface area contributed by atoms with E-state index >= 15 is 0 Å². The summed E-state index contributed by atoms with van der Waals surface area (Å²) < 4.78 is 10.8. The van der Waals surface area contributed by atoms with Gasteiger partial charge in [0.05, 0.1) is 31.1 Å². The molecule has 0 radical (unpaired) electrons. The topological polar surface area (TPSA) is 54.6 Å². The molecule has 4 atom stereocenters. The maximum atomic E-state index is 12.3. The van der Waals surface area contributed by atoms with Gasteiger partial charge >= 0.3 is 5.97 Å². The monoisotopic (exact) mass is 352 g/mol. The normalized spacial score (nSPS) is 30.6. The molecule has 0 amide bonds. The molecule has 5 rings (SSSR count). The molecule has 136 valence electrons. The Labute approximate surface area is 153 Å². The summed E-state index contributed by atoms with van der Waals surface area (Å²) in [5.41, 5.74) is 4.69. The molecule has 2 aromatic rings. The van der Waals surface area contributed by atoms with E-state index in [0.717, 1.165) is 25.9 Å². The molecular formula is C21H24N2O3. The zero-order chi connectivity index (χ0) is 17.8. The molecule has 5 nitrogen and oxygen atoms in total. The van der Waals surface area contributed by atoms with E-state index in [-0.39, 0.29) is 18.0 Å². The maximum absolute atomic E-state index is 12.3. The Balaban J connectivity index is 1.55. The minimum absolute atomic E-state index is 0.124. The van der Waals surface area contributed by atoms with Gasteiger partial charge in [-0.3, -0.25) is 4.90 Å². The number of nitrogens with zero attached hydrogens (tertiary/aromatic N) is 1. The van der Waals surface area contributed by atoms with Crippen LogP contribution in [0, 0.1) is 11.8 Å². The number of hydrogen-bond acceptors (Lipinski definition) is 4. The number of H-pyrrole nitrogens is 1. The summed E-state index contributed by atoms with van der Waals surface area (Å²) in [5.74, 6) is 0.258. The molecule has 5 heteroatoms. The largest absolute Gasteiger partial charge is 0.497 e. The van der Waals surface area contributed by atoms with Gasteiger partial charge in [-0.1, -0.05) is 18.2 Å². The Morgan fingerprint density at radius 2 is 2.19 bits per heavy atom. The van der Waals surface area contributed by atoms with Gasteiger partial charge in [0.25, 0.3) is 0 Å². The lowest BCUT2D eigenvalue weighted by molar-refractivity contribution is -0.139. The average molecular weight is 352 g/mol. The molecular weight excluding hydrogens is 328 g/mol. The number of nitrogens with one attached hydrogen (secondary N) is 1. The second-order valence-electron chi connectivity index (χ2n) is 7.74. The Kier molecular flexibility index (Phi) is 3.60. The second kappa shape index (κ2) is 5.88. The molecule has 1 aromatic heterocycles. The highest BCUT2D eigenvalue weighted by Crippen LogP contribution is 2.47. The molecule has 1 N–H and O–H groups in total. The summed E-state index contributed by atoms with van der Waals surface area (Å²) in [6.07, 6.45) is 3.77. The number of carbonyl (C=O) groups is 1. The lowest BCUT2D eigenvalue weighted by atomic mass is 9.72. The van der Waals surface area contributed by atoms with Crippen LogP contribution in [-0.2, 0) is 20.7 Å². The van der Waals surface area contributed by atoms with Crippen molar-refractivity contribution in [1.29, 1.82) is 0 Å². The van der Waals surface area contributed by atoms with Crippen LogP contribution in [0.4, 0.5) is 0 Å². The van der Waals surface area contributed by atoms with Crippen molar-refractivity contribution in [1.82, 2.24) is 9.88 Å². The Morgan fingerprint density at radius 1 is 1.35 bits per heavy atom. The predicted octanol–water partition coefficient (Wildman–Crippen LogP) is 3.18. The van der Waals surface area contributed by atoms with Gasteiger partial charge in [-0.15, -0.1) is 0 Å². The quantitative estimate of drug-likeness (QED) is 0.801. The third-order valence-electron chi connectivity index (χ3n) is 6.54. The molecule has 1 unspecified atom stereocenters. The van der Waals surface area contributed by atoms with E-state index in [1.165, 1.54) is 29.3 Å². The van der Waals surface area contributed by atoms with Crippen LogP contribution in [0.3, 0.4) is 0 Å². The molecule has 26 heavy (non-hydrogen) atoms. The van der Waals surface area contributed by atoms with Crippen LogP contribution in [0.25, 0.3) is 10.9 Å². The molecule has 0 aliphatic carbocycles. The summed E-state index contributed by atoms with van der Waals surface area (Å²) in [7, 11) is 1.45. The smallest absolute Gasteiger partial charge is 0.337 e. The first-order valence-corrected chi connectivity index (χ1v) is 9.44. The second-order valence-corrected chi connectivity index (χ2v) is 7.74. The minimum Gasteiger partial charge on any atom is -0.497 e. The summed E-state index contributed by atoms with van der Waals surface area (Å²) in [4.78, 5) is 18.5. The van der Waals surface area contributed by atoms with E-state index in [1.807, 2.05) is 0 Å². The van der Waals surface area contributed by atoms with E-state index < -0.39 is 0 Å². The van der Waals surface area contributed by atoms with Crippen molar-refractivity contribution < 1.29 is 14.3 Å². The van der Waals surface area contributed by atoms with Crippen LogP contribution < -0.4 is 0 Å². The van der Waals surface area contributed by atoms with Gasteiger partial charge in [0, 0.05) is 41.5 Å². The lowest BCUT2D eigenvalue weighted by Crippen LogP contribution is -2.51. The van der Waals surface area contributed by atoms with Crippen LogP contribution in [0.2, 0.25) is 0 Å². The maximum Gasteiger partial charge on any atom is 0.337 e. The van der Waals surface area contributed by atoms with Crippen molar-refractivity contribution in [3.8, 4) is 0 Å². The molecule has 0 spiro atoms. The van der Waals surface area contributed by atoms with Crippen molar-refractivity contribution in [2.24, 2.45) is 11.8 Å². The van der Waals surface area contributed by atoms with Gasteiger partial charge in [-0.2, -0.15) is 0 Å². The molecule has 1 saturated heterocycles. The zero-order valence-electron chi connectivity index (χ0n) is 15.2. The van der Waals surface area contributed by atoms with Crippen molar-refractivity contribution >= 4 is 16.9 Å². The number of piperidine rings is 1. The van der Waals surface area contributed by atoms with E-state index in [2.05, 4.69) is 41.1 Å². The number of hydrogen-bond donors (Lipinski definition) is 1. The third-order valence-corrected chi connectivity index (χ3v) is 6.54. The van der Waals surface area contributed by atoms with Crippen LogP contribution >= 0.6 is 0 Å². The molecule has 1 fully saturated rings. The third kappa shape index (κ3) is 2.23. The Hall–Kier alpha value is -2.27. The summed E-state index contributed by atoms with van der Waals surface area (Å²) >= 11 is 0. The highest BCUT2D eigenvalue weighted by atomic mass is 16.5. The number of fused-ring (bicyclic) bond motifs is 6. The first-order chi connectivity index (χ1) is 12.7. The van der Waals surface area contributed by atoms with Crippen LogP contribution in [0.15, 0.2) is 36.1 Å². The highest BCUT2D eigenvalue weighted by Gasteiger charge is 2.46.